The highest BCUT2D eigenvalue weighted by Crippen LogP contribution is 2.34. The van der Waals surface area contributed by atoms with Gasteiger partial charge >= 0.3 is 5.97 Å². The van der Waals surface area contributed by atoms with Crippen LogP contribution in [0.4, 0.5) is 0 Å². The number of aryl methyl sites for hydroxylation is 1. The van der Waals surface area contributed by atoms with Crippen molar-refractivity contribution < 1.29 is 13.9 Å². The second-order valence-electron chi connectivity index (χ2n) is 5.28. The number of oxazole rings is 1. The minimum atomic E-state index is -0.349. The zero-order chi connectivity index (χ0) is 15.5. The number of aromatic nitrogens is 2. The number of carbonyl (C=O) groups is 1. The first-order valence-corrected chi connectivity index (χ1v) is 8.33. The minimum absolute atomic E-state index is 0.223. The molecule has 3 heterocycles. The van der Waals surface area contributed by atoms with E-state index < -0.39 is 0 Å². The van der Waals surface area contributed by atoms with Gasteiger partial charge in [-0.05, 0) is 33.2 Å². The van der Waals surface area contributed by atoms with E-state index in [1.807, 2.05) is 6.92 Å². The SMILES string of the molecule is CCOC(=O)c1csc(C2CCCN2Cc2ncc(C)o2)n1. The molecule has 7 heteroatoms. The van der Waals surface area contributed by atoms with Crippen LogP contribution in [0.5, 0.6) is 0 Å². The summed E-state index contributed by atoms with van der Waals surface area (Å²) in [6.45, 7) is 5.71. The molecule has 118 valence electrons. The van der Waals surface area contributed by atoms with Crippen LogP contribution in [0.1, 0.15) is 53.0 Å². The van der Waals surface area contributed by atoms with E-state index in [4.69, 9.17) is 9.15 Å². The molecular weight excluding hydrogens is 302 g/mol. The van der Waals surface area contributed by atoms with Crippen LogP contribution in [0.3, 0.4) is 0 Å². The van der Waals surface area contributed by atoms with E-state index in [1.54, 1.807) is 18.5 Å². The topological polar surface area (TPSA) is 68.5 Å². The lowest BCUT2D eigenvalue weighted by Crippen LogP contribution is -2.23. The summed E-state index contributed by atoms with van der Waals surface area (Å²) in [6.07, 6.45) is 3.89. The molecular formula is C15H19N3O3S. The van der Waals surface area contributed by atoms with Crippen molar-refractivity contribution in [2.45, 2.75) is 39.3 Å². The molecule has 2 aromatic heterocycles. The van der Waals surface area contributed by atoms with Gasteiger partial charge in [-0.1, -0.05) is 0 Å². The third kappa shape index (κ3) is 3.20. The Hall–Kier alpha value is -1.73. The van der Waals surface area contributed by atoms with E-state index in [2.05, 4.69) is 14.9 Å². The van der Waals surface area contributed by atoms with Gasteiger partial charge < -0.3 is 9.15 Å². The molecule has 3 rings (SSSR count). The second kappa shape index (κ2) is 6.58. The zero-order valence-corrected chi connectivity index (χ0v) is 13.6. The molecule has 1 unspecified atom stereocenters. The summed E-state index contributed by atoms with van der Waals surface area (Å²) in [5.74, 6) is 1.20. The summed E-state index contributed by atoms with van der Waals surface area (Å²) >= 11 is 1.52. The summed E-state index contributed by atoms with van der Waals surface area (Å²) in [7, 11) is 0. The predicted molar refractivity (Wildman–Crippen MR) is 81.7 cm³/mol. The van der Waals surface area contributed by atoms with Crippen molar-refractivity contribution >= 4 is 17.3 Å². The van der Waals surface area contributed by atoms with Crippen LogP contribution in [0, 0.1) is 6.92 Å². The van der Waals surface area contributed by atoms with Crippen molar-refractivity contribution in [2.75, 3.05) is 13.2 Å². The third-order valence-electron chi connectivity index (χ3n) is 3.66. The first-order chi connectivity index (χ1) is 10.7. The van der Waals surface area contributed by atoms with Crippen LogP contribution in [0.15, 0.2) is 16.0 Å². The van der Waals surface area contributed by atoms with Crippen molar-refractivity contribution in [1.82, 2.24) is 14.9 Å². The first-order valence-electron chi connectivity index (χ1n) is 7.45. The van der Waals surface area contributed by atoms with Crippen LogP contribution >= 0.6 is 11.3 Å². The Balaban J connectivity index is 1.71. The standard InChI is InChI=1S/C15H19N3O3S/c1-3-20-15(19)11-9-22-14(17-11)12-5-4-6-18(12)8-13-16-7-10(2)21-13/h7,9,12H,3-6,8H2,1-2H3. The zero-order valence-electron chi connectivity index (χ0n) is 12.7. The molecule has 0 radical (unpaired) electrons. The molecule has 0 N–H and O–H groups in total. The highest BCUT2D eigenvalue weighted by Gasteiger charge is 2.30. The Morgan fingerprint density at radius 3 is 3.18 bits per heavy atom. The smallest absolute Gasteiger partial charge is 0.357 e. The largest absolute Gasteiger partial charge is 0.461 e. The fourth-order valence-corrected chi connectivity index (χ4v) is 3.64. The van der Waals surface area contributed by atoms with E-state index in [0.717, 1.165) is 36.0 Å². The molecule has 6 nitrogen and oxygen atoms in total. The molecule has 1 saturated heterocycles. The van der Waals surface area contributed by atoms with Gasteiger partial charge in [0.15, 0.2) is 5.69 Å². The van der Waals surface area contributed by atoms with Crippen LogP contribution in [-0.2, 0) is 11.3 Å². The molecule has 22 heavy (non-hydrogen) atoms. The van der Waals surface area contributed by atoms with Crippen molar-refractivity contribution in [2.24, 2.45) is 0 Å². The summed E-state index contributed by atoms with van der Waals surface area (Å²) < 4.78 is 10.6. The van der Waals surface area contributed by atoms with E-state index >= 15 is 0 Å². The lowest BCUT2D eigenvalue weighted by Gasteiger charge is -2.20. The molecule has 1 fully saturated rings. The summed E-state index contributed by atoms with van der Waals surface area (Å²) in [6, 6.07) is 0.223. The predicted octanol–water partition coefficient (Wildman–Crippen LogP) is 2.95. The highest BCUT2D eigenvalue weighted by atomic mass is 32.1. The summed E-state index contributed by atoms with van der Waals surface area (Å²) in [5.41, 5.74) is 0.403. The number of carbonyl (C=O) groups excluding carboxylic acids is 1. The fraction of sp³-hybridized carbons (Fsp3) is 0.533. The number of hydrogen-bond acceptors (Lipinski definition) is 7. The molecule has 0 aromatic carbocycles. The molecule has 0 bridgehead atoms. The number of hydrogen-bond donors (Lipinski definition) is 0. The van der Waals surface area contributed by atoms with Crippen LogP contribution < -0.4 is 0 Å². The number of esters is 1. The van der Waals surface area contributed by atoms with Crippen LogP contribution in [0.25, 0.3) is 0 Å². The van der Waals surface area contributed by atoms with Gasteiger partial charge in [0, 0.05) is 5.38 Å². The molecule has 1 aliphatic rings. The maximum atomic E-state index is 11.7. The van der Waals surface area contributed by atoms with Crippen LogP contribution in [0.2, 0.25) is 0 Å². The molecule has 1 aliphatic heterocycles. The van der Waals surface area contributed by atoms with Gasteiger partial charge in [0.05, 0.1) is 25.4 Å². The average Bonchev–Trinajstić information content (AvgIpc) is 3.20. The molecule has 1 atom stereocenters. The van der Waals surface area contributed by atoms with Gasteiger partial charge in [-0.15, -0.1) is 11.3 Å². The Labute approximate surface area is 133 Å². The molecule has 0 saturated carbocycles. The van der Waals surface area contributed by atoms with Crippen molar-refractivity contribution in [3.05, 3.63) is 33.9 Å². The van der Waals surface area contributed by atoms with E-state index in [1.165, 1.54) is 11.3 Å². The van der Waals surface area contributed by atoms with E-state index in [0.29, 0.717) is 18.8 Å². The second-order valence-corrected chi connectivity index (χ2v) is 6.17. The van der Waals surface area contributed by atoms with Gasteiger partial charge in [0.2, 0.25) is 5.89 Å². The quantitative estimate of drug-likeness (QED) is 0.789. The van der Waals surface area contributed by atoms with Crippen molar-refractivity contribution in [3.63, 3.8) is 0 Å². The van der Waals surface area contributed by atoms with E-state index in [9.17, 15) is 4.79 Å². The fourth-order valence-electron chi connectivity index (χ4n) is 2.68. The van der Waals surface area contributed by atoms with Gasteiger partial charge in [-0.2, -0.15) is 0 Å². The van der Waals surface area contributed by atoms with Gasteiger partial charge in [-0.3, -0.25) is 4.90 Å². The van der Waals surface area contributed by atoms with Crippen LogP contribution in [-0.4, -0.2) is 34.0 Å². The molecule has 0 aliphatic carbocycles. The maximum absolute atomic E-state index is 11.7. The van der Waals surface area contributed by atoms with Gasteiger partial charge in [0.25, 0.3) is 0 Å². The number of thiazole rings is 1. The van der Waals surface area contributed by atoms with Crippen molar-refractivity contribution in [3.8, 4) is 0 Å². The number of rotatable bonds is 5. The van der Waals surface area contributed by atoms with E-state index in [-0.39, 0.29) is 12.0 Å². The Kier molecular flexibility index (Phi) is 4.54. The summed E-state index contributed by atoms with van der Waals surface area (Å²) in [4.78, 5) is 22.8. The lowest BCUT2D eigenvalue weighted by atomic mass is 10.2. The Morgan fingerprint density at radius 1 is 1.59 bits per heavy atom. The number of ether oxygens (including phenoxy) is 1. The summed E-state index contributed by atoms with van der Waals surface area (Å²) in [5, 5.41) is 2.74. The normalized spacial score (nSPS) is 18.7. The maximum Gasteiger partial charge on any atom is 0.357 e. The Bertz CT molecular complexity index is 652. The third-order valence-corrected chi connectivity index (χ3v) is 4.61. The molecule has 0 amide bonds. The Morgan fingerprint density at radius 2 is 2.45 bits per heavy atom. The van der Waals surface area contributed by atoms with Gasteiger partial charge in [0.1, 0.15) is 10.8 Å². The highest BCUT2D eigenvalue weighted by molar-refractivity contribution is 7.09. The lowest BCUT2D eigenvalue weighted by molar-refractivity contribution is 0.0520. The minimum Gasteiger partial charge on any atom is -0.461 e. The first kappa shape index (κ1) is 15.2. The number of nitrogens with zero attached hydrogens (tertiary/aromatic N) is 3. The monoisotopic (exact) mass is 321 g/mol. The number of likely N-dealkylation sites (tertiary alicyclic amines) is 1. The average molecular weight is 321 g/mol. The molecule has 2 aromatic rings. The molecule has 0 spiro atoms. The van der Waals surface area contributed by atoms with Crippen molar-refractivity contribution in [1.29, 1.82) is 0 Å². The van der Waals surface area contributed by atoms with Gasteiger partial charge in [-0.25, -0.2) is 14.8 Å².